The molecule has 2 heterocycles. The van der Waals surface area contributed by atoms with Gasteiger partial charge in [0.15, 0.2) is 0 Å². The Bertz CT molecular complexity index is 489. The lowest BCUT2D eigenvalue weighted by molar-refractivity contribution is 0.367. The monoisotopic (exact) mass is 226 g/mol. The molecule has 0 unspecified atom stereocenters. The molecule has 6 nitrogen and oxygen atoms in total. The Morgan fingerprint density at radius 2 is 1.25 bits per heavy atom. The minimum Gasteiger partial charge on any atom is -0.399 e. The molecule has 0 atom stereocenters. The van der Waals surface area contributed by atoms with Crippen molar-refractivity contribution in [3.8, 4) is 0 Å². The van der Waals surface area contributed by atoms with E-state index in [0.29, 0.717) is 24.4 Å². The van der Waals surface area contributed by atoms with Gasteiger partial charge in [-0.2, -0.15) is 0 Å². The number of rotatable bonds is 5. The molecule has 2 aromatic rings. The first-order chi connectivity index (χ1) is 7.74. The van der Waals surface area contributed by atoms with Crippen LogP contribution in [0.15, 0.2) is 39.8 Å². The van der Waals surface area contributed by atoms with Crippen molar-refractivity contribution in [1.29, 1.82) is 0 Å². The van der Waals surface area contributed by atoms with Gasteiger partial charge in [0, 0.05) is 12.8 Å². The lowest BCUT2D eigenvalue weighted by Gasteiger charge is -1.94. The highest BCUT2D eigenvalue weighted by Gasteiger charge is 2.03. The summed E-state index contributed by atoms with van der Waals surface area (Å²) in [5, 5.41) is 0. The summed E-state index contributed by atoms with van der Waals surface area (Å²) < 4.78 is 18.4. The third-order valence-electron chi connectivity index (χ3n) is 2.10. The standard InChI is InChI=1S/C10H10O6/c11-9-13-5-7(15-9)3-1-2-4-8-6-14-10(12)16-8/h5-6H,1-4H2. The lowest BCUT2D eigenvalue weighted by Crippen LogP contribution is -1.90. The van der Waals surface area contributed by atoms with Gasteiger partial charge < -0.3 is 17.7 Å². The van der Waals surface area contributed by atoms with E-state index in [9.17, 15) is 9.59 Å². The zero-order valence-corrected chi connectivity index (χ0v) is 8.43. The summed E-state index contributed by atoms with van der Waals surface area (Å²) in [6.45, 7) is 0. The van der Waals surface area contributed by atoms with Gasteiger partial charge in [-0.05, 0) is 12.8 Å². The first-order valence-electron chi connectivity index (χ1n) is 4.89. The molecule has 2 rings (SSSR count). The van der Waals surface area contributed by atoms with Gasteiger partial charge in [0.25, 0.3) is 0 Å². The second-order valence-electron chi connectivity index (χ2n) is 3.32. The zero-order chi connectivity index (χ0) is 11.4. The average molecular weight is 226 g/mol. The molecule has 0 amide bonds. The van der Waals surface area contributed by atoms with Crippen molar-refractivity contribution >= 4 is 0 Å². The van der Waals surface area contributed by atoms with Crippen LogP contribution in [0.3, 0.4) is 0 Å². The molecule has 0 aromatic carbocycles. The van der Waals surface area contributed by atoms with Gasteiger partial charge >= 0.3 is 11.6 Å². The molecule has 0 saturated heterocycles. The molecule has 0 saturated carbocycles. The number of hydrogen-bond acceptors (Lipinski definition) is 6. The minimum atomic E-state index is -0.684. The molecule has 16 heavy (non-hydrogen) atoms. The Balaban J connectivity index is 1.73. The van der Waals surface area contributed by atoms with Crippen molar-refractivity contribution < 1.29 is 17.7 Å². The maximum atomic E-state index is 10.6. The maximum Gasteiger partial charge on any atom is 0.518 e. The van der Waals surface area contributed by atoms with Crippen LogP contribution in [0.4, 0.5) is 0 Å². The second kappa shape index (κ2) is 4.69. The molecule has 2 aromatic heterocycles. The Morgan fingerprint density at radius 1 is 0.812 bits per heavy atom. The summed E-state index contributed by atoms with van der Waals surface area (Å²) in [6.07, 6.45) is 5.46. The van der Waals surface area contributed by atoms with E-state index in [0.717, 1.165) is 12.8 Å². The van der Waals surface area contributed by atoms with E-state index in [4.69, 9.17) is 8.83 Å². The summed E-state index contributed by atoms with van der Waals surface area (Å²) >= 11 is 0. The van der Waals surface area contributed by atoms with E-state index in [1.54, 1.807) is 0 Å². The fourth-order valence-electron chi connectivity index (χ4n) is 1.36. The molecule has 0 aliphatic carbocycles. The lowest BCUT2D eigenvalue weighted by atomic mass is 10.1. The van der Waals surface area contributed by atoms with Crippen molar-refractivity contribution in [2.75, 3.05) is 0 Å². The first-order valence-corrected chi connectivity index (χ1v) is 4.89. The third-order valence-corrected chi connectivity index (χ3v) is 2.10. The van der Waals surface area contributed by atoms with Crippen LogP contribution in [0.5, 0.6) is 0 Å². The summed E-state index contributed by atoms with van der Waals surface area (Å²) in [5.41, 5.74) is 0. The smallest absolute Gasteiger partial charge is 0.399 e. The van der Waals surface area contributed by atoms with Crippen LogP contribution in [0.2, 0.25) is 0 Å². The summed E-state index contributed by atoms with van der Waals surface area (Å²) in [5.74, 6) is -0.316. The molecule has 0 spiro atoms. The fourth-order valence-corrected chi connectivity index (χ4v) is 1.36. The van der Waals surface area contributed by atoms with Gasteiger partial charge in [0.1, 0.15) is 24.0 Å². The average Bonchev–Trinajstić information content (AvgIpc) is 2.83. The number of unbranched alkanes of at least 4 members (excludes halogenated alkanes) is 1. The van der Waals surface area contributed by atoms with E-state index >= 15 is 0 Å². The van der Waals surface area contributed by atoms with Crippen LogP contribution in [0.1, 0.15) is 24.4 Å². The molecular weight excluding hydrogens is 216 g/mol. The summed E-state index contributed by atoms with van der Waals surface area (Å²) in [4.78, 5) is 21.1. The summed E-state index contributed by atoms with van der Waals surface area (Å²) in [7, 11) is 0. The molecule has 0 radical (unpaired) electrons. The quantitative estimate of drug-likeness (QED) is 0.715. The molecule has 0 fully saturated rings. The first kappa shape index (κ1) is 10.5. The molecule has 0 aliphatic heterocycles. The van der Waals surface area contributed by atoms with Crippen LogP contribution >= 0.6 is 0 Å². The fraction of sp³-hybridized carbons (Fsp3) is 0.400. The van der Waals surface area contributed by atoms with Gasteiger partial charge in [-0.25, -0.2) is 9.59 Å². The molecule has 0 aliphatic rings. The highest BCUT2D eigenvalue weighted by atomic mass is 16.6. The Morgan fingerprint density at radius 3 is 1.56 bits per heavy atom. The normalized spacial score (nSPS) is 10.8. The minimum absolute atomic E-state index is 0.527. The number of aryl methyl sites for hydroxylation is 2. The van der Waals surface area contributed by atoms with Gasteiger partial charge in [-0.15, -0.1) is 0 Å². The Kier molecular flexibility index (Phi) is 3.09. The topological polar surface area (TPSA) is 86.7 Å². The van der Waals surface area contributed by atoms with E-state index in [-0.39, 0.29) is 0 Å². The van der Waals surface area contributed by atoms with Crippen molar-refractivity contribution in [1.82, 2.24) is 0 Å². The molecule has 0 N–H and O–H groups in total. The van der Waals surface area contributed by atoms with Gasteiger partial charge in [-0.1, -0.05) is 0 Å². The molecule has 86 valence electrons. The SMILES string of the molecule is O=c1occ(CCCCc2coc(=O)o2)o1. The van der Waals surface area contributed by atoms with E-state index < -0.39 is 11.6 Å². The molecule has 6 heteroatoms. The predicted octanol–water partition coefficient (Wildman–Crippen LogP) is 1.34. The van der Waals surface area contributed by atoms with Crippen molar-refractivity contribution in [2.24, 2.45) is 0 Å². The highest BCUT2D eigenvalue weighted by molar-refractivity contribution is 4.87. The maximum absolute atomic E-state index is 10.6. The van der Waals surface area contributed by atoms with Crippen LogP contribution < -0.4 is 11.6 Å². The van der Waals surface area contributed by atoms with E-state index in [1.165, 1.54) is 12.5 Å². The molecule has 0 bridgehead atoms. The van der Waals surface area contributed by atoms with Crippen LogP contribution in [0, 0.1) is 0 Å². The number of hydrogen-bond donors (Lipinski definition) is 0. The molecular formula is C10H10O6. The zero-order valence-electron chi connectivity index (χ0n) is 8.43. The van der Waals surface area contributed by atoms with Gasteiger partial charge in [0.2, 0.25) is 0 Å². The van der Waals surface area contributed by atoms with Crippen LogP contribution in [-0.4, -0.2) is 0 Å². The Labute approximate surface area is 89.5 Å². The predicted molar refractivity (Wildman–Crippen MR) is 51.1 cm³/mol. The van der Waals surface area contributed by atoms with E-state index in [1.807, 2.05) is 0 Å². The van der Waals surface area contributed by atoms with Crippen LogP contribution in [-0.2, 0) is 12.8 Å². The largest absolute Gasteiger partial charge is 0.518 e. The second-order valence-corrected chi connectivity index (χ2v) is 3.32. The van der Waals surface area contributed by atoms with Crippen molar-refractivity contribution in [2.45, 2.75) is 25.7 Å². The Hall–Kier alpha value is -1.98. The van der Waals surface area contributed by atoms with Gasteiger partial charge in [-0.3, -0.25) is 0 Å². The van der Waals surface area contributed by atoms with Crippen molar-refractivity contribution in [3.05, 3.63) is 45.3 Å². The van der Waals surface area contributed by atoms with E-state index in [2.05, 4.69) is 8.83 Å². The highest BCUT2D eigenvalue weighted by Crippen LogP contribution is 2.07. The summed E-state index contributed by atoms with van der Waals surface area (Å²) in [6, 6.07) is 0. The van der Waals surface area contributed by atoms with Gasteiger partial charge in [0.05, 0.1) is 0 Å². The third kappa shape index (κ3) is 2.75. The van der Waals surface area contributed by atoms with Crippen molar-refractivity contribution in [3.63, 3.8) is 0 Å². The van der Waals surface area contributed by atoms with Crippen LogP contribution in [0.25, 0.3) is 0 Å².